The molecule has 9 heteroatoms. The van der Waals surface area contributed by atoms with Gasteiger partial charge < -0.3 is 10.5 Å². The van der Waals surface area contributed by atoms with E-state index in [0.717, 1.165) is 12.1 Å². The van der Waals surface area contributed by atoms with Gasteiger partial charge in [-0.15, -0.1) is 0 Å². The minimum absolute atomic E-state index is 0.0492. The Kier molecular flexibility index (Phi) is 4.17. The molecule has 1 aliphatic rings. The number of nitrogen functional groups attached to an aromatic ring is 1. The molecule has 2 rings (SSSR count). The lowest BCUT2D eigenvalue weighted by Gasteiger charge is -2.34. The van der Waals surface area contributed by atoms with Gasteiger partial charge in [0.2, 0.25) is 10.0 Å². The number of hydrogen-bond acceptors (Lipinski definition) is 6. The molecule has 116 valence electrons. The van der Waals surface area contributed by atoms with Crippen LogP contribution in [0.25, 0.3) is 0 Å². The third-order valence-corrected chi connectivity index (χ3v) is 5.05. The van der Waals surface area contributed by atoms with Crippen LogP contribution in [0.15, 0.2) is 23.1 Å². The Labute approximate surface area is 122 Å². The molecule has 2 unspecified atom stereocenters. The van der Waals surface area contributed by atoms with Crippen molar-refractivity contribution < 1.29 is 18.1 Å². The third kappa shape index (κ3) is 3.14. The Balaban J connectivity index is 2.35. The fourth-order valence-electron chi connectivity index (χ4n) is 2.34. The predicted octanol–water partition coefficient (Wildman–Crippen LogP) is 0.975. The molecule has 0 aliphatic carbocycles. The van der Waals surface area contributed by atoms with Gasteiger partial charge in [-0.2, -0.15) is 4.31 Å². The molecule has 0 aromatic heterocycles. The Morgan fingerprint density at radius 2 is 1.90 bits per heavy atom. The van der Waals surface area contributed by atoms with Crippen LogP contribution in [-0.4, -0.2) is 42.9 Å². The Bertz CT molecular complexity index is 651. The zero-order valence-corrected chi connectivity index (χ0v) is 12.5. The Morgan fingerprint density at radius 1 is 1.33 bits per heavy atom. The number of ether oxygens (including phenoxy) is 1. The molecular weight excluding hydrogens is 298 g/mol. The minimum atomic E-state index is -3.74. The van der Waals surface area contributed by atoms with Crippen molar-refractivity contribution in [3.8, 4) is 0 Å². The summed E-state index contributed by atoms with van der Waals surface area (Å²) < 4.78 is 31.9. The third-order valence-electron chi connectivity index (χ3n) is 3.22. The van der Waals surface area contributed by atoms with Crippen LogP contribution in [0, 0.1) is 10.1 Å². The van der Waals surface area contributed by atoms with Crippen molar-refractivity contribution in [1.82, 2.24) is 4.31 Å². The summed E-state index contributed by atoms with van der Waals surface area (Å²) in [5.41, 5.74) is 5.08. The van der Waals surface area contributed by atoms with Gasteiger partial charge >= 0.3 is 0 Å². The van der Waals surface area contributed by atoms with Crippen LogP contribution in [0.4, 0.5) is 11.4 Å². The second kappa shape index (κ2) is 5.58. The maximum Gasteiger partial charge on any atom is 0.292 e. The van der Waals surface area contributed by atoms with E-state index in [4.69, 9.17) is 10.5 Å². The number of nitro benzene ring substituents is 1. The molecule has 1 aliphatic heterocycles. The van der Waals surface area contributed by atoms with Crippen molar-refractivity contribution in [2.45, 2.75) is 31.0 Å². The number of morpholine rings is 1. The lowest BCUT2D eigenvalue weighted by atomic mass is 10.3. The summed E-state index contributed by atoms with van der Waals surface area (Å²) in [6.07, 6.45) is -0.419. The van der Waals surface area contributed by atoms with Gasteiger partial charge in [0.25, 0.3) is 5.69 Å². The van der Waals surface area contributed by atoms with Crippen molar-refractivity contribution in [2.24, 2.45) is 0 Å². The molecule has 0 bridgehead atoms. The molecule has 2 N–H and O–H groups in total. The van der Waals surface area contributed by atoms with Crippen LogP contribution >= 0.6 is 0 Å². The highest BCUT2D eigenvalue weighted by atomic mass is 32.2. The van der Waals surface area contributed by atoms with E-state index < -0.39 is 14.9 Å². The number of benzene rings is 1. The quantitative estimate of drug-likeness (QED) is 0.505. The normalized spacial score (nSPS) is 23.9. The Hall–Kier alpha value is -1.71. The van der Waals surface area contributed by atoms with Crippen molar-refractivity contribution in [1.29, 1.82) is 0 Å². The summed E-state index contributed by atoms with van der Waals surface area (Å²) in [7, 11) is -3.74. The van der Waals surface area contributed by atoms with Gasteiger partial charge in [-0.25, -0.2) is 8.42 Å². The number of nitro groups is 1. The van der Waals surface area contributed by atoms with E-state index in [1.807, 2.05) is 0 Å². The summed E-state index contributed by atoms with van der Waals surface area (Å²) in [6.45, 7) is 4.07. The Morgan fingerprint density at radius 3 is 2.38 bits per heavy atom. The topological polar surface area (TPSA) is 116 Å². The largest absolute Gasteiger partial charge is 0.393 e. The van der Waals surface area contributed by atoms with Gasteiger partial charge in [0.1, 0.15) is 5.69 Å². The highest BCUT2D eigenvalue weighted by Crippen LogP contribution is 2.27. The maximum absolute atomic E-state index is 12.6. The molecule has 1 saturated heterocycles. The summed E-state index contributed by atoms with van der Waals surface area (Å²) >= 11 is 0. The minimum Gasteiger partial charge on any atom is -0.393 e. The predicted molar refractivity (Wildman–Crippen MR) is 76.3 cm³/mol. The zero-order valence-electron chi connectivity index (χ0n) is 11.7. The average Bonchev–Trinajstić information content (AvgIpc) is 2.36. The molecule has 8 nitrogen and oxygen atoms in total. The van der Waals surface area contributed by atoms with E-state index in [2.05, 4.69) is 0 Å². The fourth-order valence-corrected chi connectivity index (χ4v) is 3.96. The molecule has 2 atom stereocenters. The molecule has 0 spiro atoms. The van der Waals surface area contributed by atoms with E-state index in [-0.39, 0.29) is 41.6 Å². The lowest BCUT2D eigenvalue weighted by molar-refractivity contribution is -0.383. The smallest absolute Gasteiger partial charge is 0.292 e. The number of nitrogens with two attached hydrogens (primary N) is 1. The first-order valence-electron chi connectivity index (χ1n) is 6.41. The first-order chi connectivity index (χ1) is 9.71. The summed E-state index contributed by atoms with van der Waals surface area (Å²) in [5.74, 6) is 0. The number of hydrogen-bond donors (Lipinski definition) is 1. The van der Waals surface area contributed by atoms with E-state index in [9.17, 15) is 18.5 Å². The van der Waals surface area contributed by atoms with Crippen LogP contribution < -0.4 is 5.73 Å². The highest BCUT2D eigenvalue weighted by molar-refractivity contribution is 7.89. The van der Waals surface area contributed by atoms with Crippen molar-refractivity contribution in [3.63, 3.8) is 0 Å². The number of sulfonamides is 1. The molecule has 0 amide bonds. The number of nitrogens with zero attached hydrogens (tertiary/aromatic N) is 2. The summed E-state index contributed by atoms with van der Waals surface area (Å²) in [5, 5.41) is 10.7. The molecule has 0 saturated carbocycles. The van der Waals surface area contributed by atoms with Gasteiger partial charge in [0.15, 0.2) is 0 Å². The van der Waals surface area contributed by atoms with Crippen LogP contribution in [-0.2, 0) is 14.8 Å². The van der Waals surface area contributed by atoms with Gasteiger partial charge in [-0.1, -0.05) is 0 Å². The molecule has 1 aromatic carbocycles. The van der Waals surface area contributed by atoms with Gasteiger partial charge in [0.05, 0.1) is 22.0 Å². The number of rotatable bonds is 3. The van der Waals surface area contributed by atoms with Gasteiger partial charge in [-0.3, -0.25) is 10.1 Å². The maximum atomic E-state index is 12.6. The van der Waals surface area contributed by atoms with Gasteiger partial charge in [0, 0.05) is 19.2 Å². The van der Waals surface area contributed by atoms with E-state index in [0.29, 0.717) is 0 Å². The van der Waals surface area contributed by atoms with E-state index >= 15 is 0 Å². The summed E-state index contributed by atoms with van der Waals surface area (Å²) in [4.78, 5) is 10.0. The van der Waals surface area contributed by atoms with Crippen LogP contribution in [0.1, 0.15) is 13.8 Å². The summed E-state index contributed by atoms with van der Waals surface area (Å²) in [6, 6.07) is 3.43. The molecule has 21 heavy (non-hydrogen) atoms. The fraction of sp³-hybridized carbons (Fsp3) is 0.500. The first kappa shape index (κ1) is 15.7. The van der Waals surface area contributed by atoms with E-state index in [1.54, 1.807) is 13.8 Å². The SMILES string of the molecule is CC1CN(S(=O)(=O)c2ccc([N+](=O)[O-])c(N)c2)CC(C)O1. The lowest BCUT2D eigenvalue weighted by Crippen LogP contribution is -2.48. The first-order valence-corrected chi connectivity index (χ1v) is 7.85. The average molecular weight is 315 g/mol. The highest BCUT2D eigenvalue weighted by Gasteiger charge is 2.32. The molecule has 0 radical (unpaired) electrons. The molecule has 1 heterocycles. The molecule has 1 aromatic rings. The second-order valence-electron chi connectivity index (χ2n) is 5.06. The van der Waals surface area contributed by atoms with Crippen molar-refractivity contribution >= 4 is 21.4 Å². The van der Waals surface area contributed by atoms with E-state index in [1.165, 1.54) is 10.4 Å². The van der Waals surface area contributed by atoms with Crippen LogP contribution in [0.5, 0.6) is 0 Å². The zero-order chi connectivity index (χ0) is 15.8. The van der Waals surface area contributed by atoms with Crippen LogP contribution in [0.2, 0.25) is 0 Å². The van der Waals surface area contributed by atoms with Gasteiger partial charge in [-0.05, 0) is 26.0 Å². The van der Waals surface area contributed by atoms with Crippen molar-refractivity contribution in [2.75, 3.05) is 18.8 Å². The standard InChI is InChI=1S/C12H17N3O5S/c1-8-6-14(7-9(2)20-8)21(18,19)10-3-4-12(15(16)17)11(13)5-10/h3-5,8-9H,6-7,13H2,1-2H3. The molecular formula is C12H17N3O5S. The monoisotopic (exact) mass is 315 g/mol. The van der Waals surface area contributed by atoms with Crippen LogP contribution in [0.3, 0.4) is 0 Å². The second-order valence-corrected chi connectivity index (χ2v) is 7.00. The van der Waals surface area contributed by atoms with Crippen molar-refractivity contribution in [3.05, 3.63) is 28.3 Å². The molecule has 1 fully saturated rings. The number of anilines is 1.